The Labute approximate surface area is 210 Å². The van der Waals surface area contributed by atoms with Crippen molar-refractivity contribution in [2.75, 3.05) is 67.7 Å². The average Bonchev–Trinajstić information content (AvgIpc) is 2.99. The number of aryl methyl sites for hydroxylation is 1. The molecule has 0 bridgehead atoms. The van der Waals surface area contributed by atoms with Crippen molar-refractivity contribution in [3.05, 3.63) is 35.5 Å². The first-order valence-electron chi connectivity index (χ1n) is 12.0. The van der Waals surface area contributed by atoms with Crippen molar-refractivity contribution < 1.29 is 17.8 Å². The minimum absolute atomic E-state index is 0.0815. The third-order valence-corrected chi connectivity index (χ3v) is 7.78. The highest BCUT2D eigenvalue weighted by molar-refractivity contribution is 7.91. The van der Waals surface area contributed by atoms with Gasteiger partial charge in [-0.1, -0.05) is 6.07 Å². The van der Waals surface area contributed by atoms with Crippen molar-refractivity contribution in [3.8, 4) is 0 Å². The molecule has 1 unspecified atom stereocenters. The monoisotopic (exact) mass is 521 g/mol. The lowest BCUT2D eigenvalue weighted by Gasteiger charge is -2.33. The largest absolute Gasteiger partial charge is 0.356 e. The summed E-state index contributed by atoms with van der Waals surface area (Å²) < 4.78 is 48.2. The summed E-state index contributed by atoms with van der Waals surface area (Å²) >= 11 is 0. The van der Waals surface area contributed by atoms with Gasteiger partial charge in [0.1, 0.15) is 11.4 Å². The van der Waals surface area contributed by atoms with E-state index in [-0.39, 0.29) is 31.4 Å². The summed E-state index contributed by atoms with van der Waals surface area (Å²) in [7, 11) is -0.913. The molecular weight excluding hydrogens is 488 g/mol. The molecule has 3 heterocycles. The van der Waals surface area contributed by atoms with Crippen LogP contribution >= 0.6 is 0 Å². The zero-order valence-electron chi connectivity index (χ0n) is 20.9. The molecule has 2 aromatic rings. The maximum atomic E-state index is 14.1. The number of hydrogen-bond acceptors (Lipinski definition) is 8. The maximum absolute atomic E-state index is 14.1. The molecule has 0 spiro atoms. The number of alkyl halides is 2. The lowest BCUT2D eigenvalue weighted by Crippen LogP contribution is -2.45. The SMILES string of the molecule is Cc1nc(N2CCN(C)CC2)nc(N2CCCC(F)(F)CC2)c1C(=O)Nc1cccc(S(C)(=N)=O)c1. The molecule has 1 amide bonds. The van der Waals surface area contributed by atoms with E-state index in [1.807, 2.05) is 7.05 Å². The van der Waals surface area contributed by atoms with Crippen LogP contribution in [-0.4, -0.2) is 83.5 Å². The molecule has 0 saturated carbocycles. The van der Waals surface area contributed by atoms with Crippen LogP contribution in [0.5, 0.6) is 0 Å². The molecule has 2 N–H and O–H groups in total. The van der Waals surface area contributed by atoms with Gasteiger partial charge in [0.05, 0.1) is 15.4 Å². The smallest absolute Gasteiger partial charge is 0.261 e. The standard InChI is InChI=1S/C24H33F2N7O2S/c1-17-20(22(34)29-18-6-4-7-19(16-18)36(3,27)35)21(32-10-5-8-24(25,26)9-11-32)30-23(28-17)33-14-12-31(2)13-15-33/h4,6-7,16,27H,5,8-15H2,1-3H3,(H,29,34). The van der Waals surface area contributed by atoms with Crippen molar-refractivity contribution in [1.82, 2.24) is 14.9 Å². The van der Waals surface area contributed by atoms with Gasteiger partial charge in [-0.05, 0) is 38.6 Å². The Hall–Kier alpha value is -2.86. The molecule has 1 atom stereocenters. The van der Waals surface area contributed by atoms with E-state index < -0.39 is 21.6 Å². The Kier molecular flexibility index (Phi) is 7.46. The summed E-state index contributed by atoms with van der Waals surface area (Å²) in [6, 6.07) is 6.36. The number of aromatic nitrogens is 2. The molecule has 2 aliphatic rings. The molecule has 4 rings (SSSR count). The van der Waals surface area contributed by atoms with Crippen LogP contribution in [0.15, 0.2) is 29.2 Å². The number of benzene rings is 1. The maximum Gasteiger partial charge on any atom is 0.261 e. The van der Waals surface area contributed by atoms with E-state index in [2.05, 4.69) is 20.1 Å². The summed E-state index contributed by atoms with van der Waals surface area (Å²) in [4.78, 5) is 29.2. The molecule has 36 heavy (non-hydrogen) atoms. The number of amides is 1. The van der Waals surface area contributed by atoms with Gasteiger partial charge in [-0.3, -0.25) is 4.79 Å². The summed E-state index contributed by atoms with van der Waals surface area (Å²) in [5.41, 5.74) is 1.07. The number of carbonyl (C=O) groups is 1. The van der Waals surface area contributed by atoms with Crippen molar-refractivity contribution >= 4 is 33.1 Å². The molecule has 2 fully saturated rings. The molecule has 12 heteroatoms. The fourth-order valence-electron chi connectivity index (χ4n) is 4.47. The quantitative estimate of drug-likeness (QED) is 0.621. The average molecular weight is 522 g/mol. The van der Waals surface area contributed by atoms with Gasteiger partial charge in [0, 0.05) is 68.9 Å². The van der Waals surface area contributed by atoms with Gasteiger partial charge in [0.2, 0.25) is 11.9 Å². The van der Waals surface area contributed by atoms with Crippen LogP contribution < -0.4 is 15.1 Å². The number of nitrogens with zero attached hydrogens (tertiary/aromatic N) is 5. The number of halogens is 2. The zero-order chi connectivity index (χ0) is 26.1. The van der Waals surface area contributed by atoms with Gasteiger partial charge in [-0.2, -0.15) is 4.98 Å². The Bertz CT molecular complexity index is 1230. The van der Waals surface area contributed by atoms with Gasteiger partial charge in [0.25, 0.3) is 5.91 Å². The summed E-state index contributed by atoms with van der Waals surface area (Å²) in [5.74, 6) is -2.38. The van der Waals surface area contributed by atoms with Crippen LogP contribution in [-0.2, 0) is 9.73 Å². The van der Waals surface area contributed by atoms with Crippen molar-refractivity contribution in [2.45, 2.75) is 37.0 Å². The molecule has 9 nitrogen and oxygen atoms in total. The molecular formula is C24H33F2N7O2S. The summed E-state index contributed by atoms with van der Waals surface area (Å²) in [6.45, 7) is 5.33. The van der Waals surface area contributed by atoms with Crippen molar-refractivity contribution in [1.29, 1.82) is 4.78 Å². The number of anilines is 3. The predicted molar refractivity (Wildman–Crippen MR) is 137 cm³/mol. The third-order valence-electron chi connectivity index (χ3n) is 6.63. The molecule has 2 saturated heterocycles. The van der Waals surface area contributed by atoms with Crippen molar-refractivity contribution in [3.63, 3.8) is 0 Å². The normalized spacial score (nSPS) is 20.5. The fourth-order valence-corrected chi connectivity index (χ4v) is 5.16. The molecule has 2 aliphatic heterocycles. The lowest BCUT2D eigenvalue weighted by molar-refractivity contribution is -0.0102. The topological polar surface area (TPSA) is 106 Å². The van der Waals surface area contributed by atoms with Crippen LogP contribution in [0.1, 0.15) is 35.3 Å². The number of nitrogens with one attached hydrogen (secondary N) is 2. The first kappa shape index (κ1) is 26.2. The number of piperazine rings is 1. The van der Waals surface area contributed by atoms with Gasteiger partial charge >= 0.3 is 0 Å². The summed E-state index contributed by atoms with van der Waals surface area (Å²) in [5, 5.41) is 2.80. The fraction of sp³-hybridized carbons (Fsp3) is 0.542. The number of rotatable bonds is 5. The van der Waals surface area contributed by atoms with Crippen LogP contribution in [0, 0.1) is 11.7 Å². The highest BCUT2D eigenvalue weighted by Gasteiger charge is 2.34. The van der Waals surface area contributed by atoms with Gasteiger partial charge < -0.3 is 20.0 Å². The number of hydrogen-bond donors (Lipinski definition) is 2. The van der Waals surface area contributed by atoms with E-state index in [0.717, 1.165) is 26.2 Å². The second-order valence-electron chi connectivity index (χ2n) is 9.62. The molecule has 0 aliphatic carbocycles. The zero-order valence-corrected chi connectivity index (χ0v) is 21.7. The molecule has 196 valence electrons. The van der Waals surface area contributed by atoms with E-state index >= 15 is 0 Å². The van der Waals surface area contributed by atoms with Crippen LogP contribution in [0.4, 0.5) is 26.2 Å². The Morgan fingerprint density at radius 3 is 2.50 bits per heavy atom. The third kappa shape index (κ3) is 6.09. The van der Waals surface area contributed by atoms with Crippen LogP contribution in [0.2, 0.25) is 0 Å². The Morgan fingerprint density at radius 2 is 1.81 bits per heavy atom. The van der Waals surface area contributed by atoms with Crippen LogP contribution in [0.3, 0.4) is 0 Å². The highest BCUT2D eigenvalue weighted by atomic mass is 32.2. The van der Waals surface area contributed by atoms with Gasteiger partial charge in [0.15, 0.2) is 0 Å². The first-order chi connectivity index (χ1) is 16.9. The molecule has 1 aromatic carbocycles. The highest BCUT2D eigenvalue weighted by Crippen LogP contribution is 2.32. The first-order valence-corrected chi connectivity index (χ1v) is 14.0. The molecule has 0 radical (unpaired) electrons. The second-order valence-corrected chi connectivity index (χ2v) is 11.8. The number of carbonyl (C=O) groups excluding carboxylic acids is 1. The Balaban J connectivity index is 1.71. The molecule has 1 aromatic heterocycles. The Morgan fingerprint density at radius 1 is 1.08 bits per heavy atom. The van der Waals surface area contributed by atoms with Gasteiger partial charge in [-0.15, -0.1) is 0 Å². The summed E-state index contributed by atoms with van der Waals surface area (Å²) in [6.07, 6.45) is 1.10. The van der Waals surface area contributed by atoms with E-state index in [9.17, 15) is 17.8 Å². The van der Waals surface area contributed by atoms with E-state index in [1.54, 1.807) is 30.0 Å². The predicted octanol–water partition coefficient (Wildman–Crippen LogP) is 3.45. The number of likely N-dealkylation sites (N-methyl/N-ethyl adjacent to an activating group) is 1. The van der Waals surface area contributed by atoms with Gasteiger partial charge in [-0.25, -0.2) is 22.8 Å². The van der Waals surface area contributed by atoms with E-state index in [1.165, 1.54) is 12.3 Å². The second kappa shape index (κ2) is 10.3. The van der Waals surface area contributed by atoms with E-state index in [4.69, 9.17) is 9.76 Å². The lowest BCUT2D eigenvalue weighted by atomic mass is 10.1. The van der Waals surface area contributed by atoms with Crippen molar-refractivity contribution in [2.24, 2.45) is 0 Å². The minimum Gasteiger partial charge on any atom is -0.356 e. The van der Waals surface area contributed by atoms with E-state index in [0.29, 0.717) is 34.6 Å². The van der Waals surface area contributed by atoms with Crippen LogP contribution in [0.25, 0.3) is 0 Å². The minimum atomic E-state index is -2.96.